The number of hydrogen-bond acceptors (Lipinski definition) is 5. The Kier molecular flexibility index (Phi) is 5.73. The van der Waals surface area contributed by atoms with Crippen molar-refractivity contribution in [3.63, 3.8) is 0 Å². The highest BCUT2D eigenvalue weighted by molar-refractivity contribution is 5.79. The normalized spacial score (nSPS) is 10.8. The molecule has 2 aromatic heterocycles. The van der Waals surface area contributed by atoms with E-state index in [1.54, 1.807) is 11.8 Å². The largest absolute Gasteiger partial charge is 0.497 e. The summed E-state index contributed by atoms with van der Waals surface area (Å²) in [6, 6.07) is 9.55. The first-order valence-corrected chi connectivity index (χ1v) is 9.14. The fourth-order valence-corrected chi connectivity index (χ4v) is 3.09. The number of amides is 1. The third-order valence-electron chi connectivity index (χ3n) is 4.59. The number of ether oxygens (including phenoxy) is 1. The second-order valence-electron chi connectivity index (χ2n) is 6.81. The molecule has 0 aliphatic heterocycles. The third kappa shape index (κ3) is 4.36. The molecule has 0 saturated carbocycles. The monoisotopic (exact) mass is 379 g/mol. The summed E-state index contributed by atoms with van der Waals surface area (Å²) < 4.78 is 6.86. The van der Waals surface area contributed by atoms with Crippen LogP contribution in [0.25, 0.3) is 5.95 Å². The Bertz CT molecular complexity index is 973. The number of aryl methyl sites for hydroxylation is 3. The molecule has 0 atom stereocenters. The van der Waals surface area contributed by atoms with Crippen LogP contribution < -0.4 is 10.1 Å². The molecule has 146 valence electrons. The summed E-state index contributed by atoms with van der Waals surface area (Å²) in [5.41, 5.74) is 5.36. The zero-order chi connectivity index (χ0) is 20.3. The third-order valence-corrected chi connectivity index (χ3v) is 4.59. The second kappa shape index (κ2) is 8.21. The summed E-state index contributed by atoms with van der Waals surface area (Å²) in [6.07, 6.45) is 0.263. The zero-order valence-corrected chi connectivity index (χ0v) is 16.9. The van der Waals surface area contributed by atoms with Gasteiger partial charge in [-0.05, 0) is 51.5 Å². The Labute approximate surface area is 164 Å². The molecular formula is C21H25N5O2. The van der Waals surface area contributed by atoms with Gasteiger partial charge in [-0.15, -0.1) is 0 Å². The summed E-state index contributed by atoms with van der Waals surface area (Å²) in [6.45, 7) is 8.16. The van der Waals surface area contributed by atoms with Gasteiger partial charge in [-0.3, -0.25) is 4.79 Å². The number of aromatic nitrogens is 4. The molecule has 7 nitrogen and oxygen atoms in total. The van der Waals surface area contributed by atoms with E-state index >= 15 is 0 Å². The van der Waals surface area contributed by atoms with E-state index in [1.165, 1.54) is 0 Å². The number of carbonyl (C=O) groups is 1. The number of nitrogens with zero attached hydrogens (tertiary/aromatic N) is 4. The van der Waals surface area contributed by atoms with Gasteiger partial charge in [0.15, 0.2) is 0 Å². The van der Waals surface area contributed by atoms with Crippen molar-refractivity contribution < 1.29 is 9.53 Å². The first-order valence-electron chi connectivity index (χ1n) is 9.14. The van der Waals surface area contributed by atoms with Crippen LogP contribution in [-0.4, -0.2) is 32.8 Å². The fourth-order valence-electron chi connectivity index (χ4n) is 3.09. The average molecular weight is 379 g/mol. The van der Waals surface area contributed by atoms with Crippen LogP contribution >= 0.6 is 0 Å². The van der Waals surface area contributed by atoms with Crippen LogP contribution in [0.5, 0.6) is 5.75 Å². The predicted octanol–water partition coefficient (Wildman–Crippen LogP) is 2.76. The van der Waals surface area contributed by atoms with Crippen LogP contribution in [0.1, 0.15) is 33.9 Å². The Morgan fingerprint density at radius 3 is 2.32 bits per heavy atom. The lowest BCUT2D eigenvalue weighted by atomic mass is 10.1. The molecule has 1 aromatic carbocycles. The van der Waals surface area contributed by atoms with Gasteiger partial charge in [0.25, 0.3) is 5.95 Å². The van der Waals surface area contributed by atoms with Gasteiger partial charge in [0.2, 0.25) is 5.91 Å². The summed E-state index contributed by atoms with van der Waals surface area (Å²) in [7, 11) is 1.63. The molecule has 28 heavy (non-hydrogen) atoms. The first-order chi connectivity index (χ1) is 13.4. The van der Waals surface area contributed by atoms with Crippen molar-refractivity contribution in [1.29, 1.82) is 0 Å². The molecule has 0 fully saturated rings. The summed E-state index contributed by atoms with van der Waals surface area (Å²) in [5, 5.41) is 7.51. The highest BCUT2D eigenvalue weighted by atomic mass is 16.5. The molecule has 0 aliphatic rings. The van der Waals surface area contributed by atoms with Crippen LogP contribution in [0.4, 0.5) is 0 Å². The Hall–Kier alpha value is -3.22. The van der Waals surface area contributed by atoms with E-state index in [1.807, 2.05) is 58.0 Å². The quantitative estimate of drug-likeness (QED) is 0.712. The van der Waals surface area contributed by atoms with Gasteiger partial charge in [0, 0.05) is 29.2 Å². The smallest absolute Gasteiger partial charge is 0.251 e. The van der Waals surface area contributed by atoms with Gasteiger partial charge in [0.1, 0.15) is 5.75 Å². The lowest BCUT2D eigenvalue weighted by Gasteiger charge is -2.08. The molecule has 0 spiro atoms. The van der Waals surface area contributed by atoms with Crippen molar-refractivity contribution in [2.75, 3.05) is 7.11 Å². The van der Waals surface area contributed by atoms with Crippen molar-refractivity contribution in [3.05, 3.63) is 64.2 Å². The average Bonchev–Trinajstić information content (AvgIpc) is 2.94. The SMILES string of the molecule is COc1ccc(CNC(=O)Cc2c(C)nn(-c3nc(C)cc(C)n3)c2C)cc1. The standard InChI is InChI=1S/C21H25N5O2/c1-13-10-14(2)24-21(23-13)26-16(4)19(15(3)25-26)11-20(27)22-12-17-6-8-18(28-5)9-7-17/h6-10H,11-12H2,1-5H3,(H,22,27). The Morgan fingerprint density at radius 1 is 1.07 bits per heavy atom. The van der Waals surface area contributed by atoms with E-state index in [-0.39, 0.29) is 12.3 Å². The van der Waals surface area contributed by atoms with Gasteiger partial charge in [-0.25, -0.2) is 14.6 Å². The molecule has 3 aromatic rings. The van der Waals surface area contributed by atoms with E-state index in [0.29, 0.717) is 12.5 Å². The van der Waals surface area contributed by atoms with Crippen LogP contribution in [-0.2, 0) is 17.8 Å². The van der Waals surface area contributed by atoms with Crippen molar-refractivity contribution in [2.45, 2.75) is 40.7 Å². The van der Waals surface area contributed by atoms with Crippen molar-refractivity contribution >= 4 is 5.91 Å². The molecule has 0 radical (unpaired) electrons. The zero-order valence-electron chi connectivity index (χ0n) is 16.9. The van der Waals surface area contributed by atoms with Crippen LogP contribution in [0.15, 0.2) is 30.3 Å². The molecule has 2 heterocycles. The highest BCUT2D eigenvalue weighted by Gasteiger charge is 2.17. The maximum absolute atomic E-state index is 12.5. The number of methoxy groups -OCH3 is 1. The minimum atomic E-state index is -0.0529. The molecule has 0 saturated heterocycles. The van der Waals surface area contributed by atoms with Crippen molar-refractivity contribution in [3.8, 4) is 11.7 Å². The Balaban J connectivity index is 1.71. The molecule has 1 amide bonds. The topological polar surface area (TPSA) is 81.9 Å². The maximum atomic E-state index is 12.5. The molecule has 0 unspecified atom stereocenters. The minimum absolute atomic E-state index is 0.0529. The highest BCUT2D eigenvalue weighted by Crippen LogP contribution is 2.17. The van der Waals surface area contributed by atoms with E-state index in [4.69, 9.17) is 4.74 Å². The fraction of sp³-hybridized carbons (Fsp3) is 0.333. The molecule has 1 N–H and O–H groups in total. The summed E-state index contributed by atoms with van der Waals surface area (Å²) in [5.74, 6) is 1.27. The molecule has 3 rings (SSSR count). The number of rotatable bonds is 6. The summed E-state index contributed by atoms with van der Waals surface area (Å²) >= 11 is 0. The molecule has 0 bridgehead atoms. The number of hydrogen-bond donors (Lipinski definition) is 1. The van der Waals surface area contributed by atoms with Gasteiger partial charge < -0.3 is 10.1 Å². The maximum Gasteiger partial charge on any atom is 0.251 e. The van der Waals surface area contributed by atoms with Crippen molar-refractivity contribution in [1.82, 2.24) is 25.1 Å². The number of nitrogens with one attached hydrogen (secondary N) is 1. The lowest BCUT2D eigenvalue weighted by molar-refractivity contribution is -0.120. The van der Waals surface area contributed by atoms with Gasteiger partial charge in [-0.1, -0.05) is 12.1 Å². The molecule has 7 heteroatoms. The lowest BCUT2D eigenvalue weighted by Crippen LogP contribution is -2.25. The number of carbonyl (C=O) groups excluding carboxylic acids is 1. The summed E-state index contributed by atoms with van der Waals surface area (Å²) in [4.78, 5) is 21.4. The van der Waals surface area contributed by atoms with Crippen LogP contribution in [0.3, 0.4) is 0 Å². The number of benzene rings is 1. The van der Waals surface area contributed by atoms with Gasteiger partial charge in [0.05, 0.1) is 19.2 Å². The Morgan fingerprint density at radius 2 is 1.71 bits per heavy atom. The predicted molar refractivity (Wildman–Crippen MR) is 107 cm³/mol. The van der Waals surface area contributed by atoms with Gasteiger partial charge in [-0.2, -0.15) is 5.10 Å². The van der Waals surface area contributed by atoms with Crippen molar-refractivity contribution in [2.24, 2.45) is 0 Å². The van der Waals surface area contributed by atoms with E-state index in [9.17, 15) is 4.79 Å². The van der Waals surface area contributed by atoms with Crippen LogP contribution in [0.2, 0.25) is 0 Å². The first kappa shape index (κ1) is 19.5. The molecule has 0 aliphatic carbocycles. The minimum Gasteiger partial charge on any atom is -0.497 e. The second-order valence-corrected chi connectivity index (χ2v) is 6.81. The van der Waals surface area contributed by atoms with Gasteiger partial charge >= 0.3 is 0 Å². The van der Waals surface area contributed by atoms with E-state index in [2.05, 4.69) is 20.4 Å². The van der Waals surface area contributed by atoms with Crippen LogP contribution in [0, 0.1) is 27.7 Å². The molecular weight excluding hydrogens is 354 g/mol. The van der Waals surface area contributed by atoms with E-state index < -0.39 is 0 Å². The van der Waals surface area contributed by atoms with E-state index in [0.717, 1.165) is 39.7 Å².